The lowest BCUT2D eigenvalue weighted by atomic mass is 10.1. The van der Waals surface area contributed by atoms with Gasteiger partial charge in [-0.05, 0) is 38.5 Å². The SMILES string of the molecule is Cc1ccc(OCC(=O)N[C@H](C)c2ccc(C)cc2)cc1. The first-order valence-electron chi connectivity index (χ1n) is 7.10. The number of benzene rings is 2. The second kappa shape index (κ2) is 6.93. The van der Waals surface area contributed by atoms with Crippen LogP contribution in [0.2, 0.25) is 0 Å². The maximum absolute atomic E-state index is 11.9. The Hall–Kier alpha value is -2.29. The van der Waals surface area contributed by atoms with Gasteiger partial charge in [0.2, 0.25) is 0 Å². The van der Waals surface area contributed by atoms with Gasteiger partial charge in [-0.15, -0.1) is 0 Å². The van der Waals surface area contributed by atoms with Gasteiger partial charge in [0.25, 0.3) is 5.91 Å². The van der Waals surface area contributed by atoms with Crippen molar-refractivity contribution in [1.82, 2.24) is 5.32 Å². The molecule has 110 valence electrons. The van der Waals surface area contributed by atoms with E-state index < -0.39 is 0 Å². The fourth-order valence-corrected chi connectivity index (χ4v) is 2.00. The van der Waals surface area contributed by atoms with E-state index in [1.807, 2.05) is 69.3 Å². The maximum atomic E-state index is 11.9. The van der Waals surface area contributed by atoms with Crippen LogP contribution in [-0.4, -0.2) is 12.5 Å². The number of hydrogen-bond donors (Lipinski definition) is 1. The number of ether oxygens (including phenoxy) is 1. The highest BCUT2D eigenvalue weighted by atomic mass is 16.5. The first-order valence-corrected chi connectivity index (χ1v) is 7.10. The van der Waals surface area contributed by atoms with Crippen molar-refractivity contribution in [3.63, 3.8) is 0 Å². The summed E-state index contributed by atoms with van der Waals surface area (Å²) in [6.07, 6.45) is 0. The average Bonchev–Trinajstić information content (AvgIpc) is 2.47. The molecule has 0 spiro atoms. The molecule has 0 saturated heterocycles. The first kappa shape index (κ1) is 15.1. The summed E-state index contributed by atoms with van der Waals surface area (Å²) in [7, 11) is 0. The summed E-state index contributed by atoms with van der Waals surface area (Å²) in [5.41, 5.74) is 3.46. The Morgan fingerprint density at radius 1 is 1.00 bits per heavy atom. The van der Waals surface area contributed by atoms with Gasteiger partial charge in [0.05, 0.1) is 6.04 Å². The zero-order valence-electron chi connectivity index (χ0n) is 12.7. The normalized spacial score (nSPS) is 11.8. The number of hydrogen-bond acceptors (Lipinski definition) is 2. The molecule has 1 atom stereocenters. The van der Waals surface area contributed by atoms with Crippen molar-refractivity contribution in [2.45, 2.75) is 26.8 Å². The molecule has 0 aromatic heterocycles. The number of nitrogens with one attached hydrogen (secondary N) is 1. The molecular formula is C18H21NO2. The molecule has 0 aliphatic heterocycles. The smallest absolute Gasteiger partial charge is 0.258 e. The summed E-state index contributed by atoms with van der Waals surface area (Å²) in [6.45, 7) is 6.05. The van der Waals surface area contributed by atoms with Crippen molar-refractivity contribution >= 4 is 5.91 Å². The predicted molar refractivity (Wildman–Crippen MR) is 84.4 cm³/mol. The van der Waals surface area contributed by atoms with Gasteiger partial charge in [-0.3, -0.25) is 4.79 Å². The molecule has 21 heavy (non-hydrogen) atoms. The third-order valence-corrected chi connectivity index (χ3v) is 3.35. The highest BCUT2D eigenvalue weighted by Gasteiger charge is 2.09. The van der Waals surface area contributed by atoms with Gasteiger partial charge in [0.1, 0.15) is 5.75 Å². The fourth-order valence-electron chi connectivity index (χ4n) is 2.00. The van der Waals surface area contributed by atoms with Crippen LogP contribution in [0.4, 0.5) is 0 Å². The fraction of sp³-hybridized carbons (Fsp3) is 0.278. The van der Waals surface area contributed by atoms with E-state index in [1.165, 1.54) is 11.1 Å². The molecule has 3 nitrogen and oxygen atoms in total. The Morgan fingerprint density at radius 3 is 2.10 bits per heavy atom. The molecule has 2 aromatic rings. The number of carbonyl (C=O) groups is 1. The van der Waals surface area contributed by atoms with Crippen LogP contribution in [0, 0.1) is 13.8 Å². The second-order valence-electron chi connectivity index (χ2n) is 5.30. The molecule has 0 unspecified atom stereocenters. The Balaban J connectivity index is 1.83. The Morgan fingerprint density at radius 2 is 1.52 bits per heavy atom. The number of rotatable bonds is 5. The van der Waals surface area contributed by atoms with Crippen LogP contribution >= 0.6 is 0 Å². The summed E-state index contributed by atoms with van der Waals surface area (Å²) in [5, 5.41) is 2.93. The molecule has 1 amide bonds. The van der Waals surface area contributed by atoms with Gasteiger partial charge in [0, 0.05) is 0 Å². The first-order chi connectivity index (χ1) is 10.0. The van der Waals surface area contributed by atoms with Crippen LogP contribution in [-0.2, 0) is 4.79 Å². The van der Waals surface area contributed by atoms with Crippen LogP contribution in [0.15, 0.2) is 48.5 Å². The molecular weight excluding hydrogens is 262 g/mol. The van der Waals surface area contributed by atoms with E-state index >= 15 is 0 Å². The van der Waals surface area contributed by atoms with Crippen LogP contribution in [0.3, 0.4) is 0 Å². The van der Waals surface area contributed by atoms with Crippen molar-refractivity contribution in [1.29, 1.82) is 0 Å². The molecule has 3 heteroatoms. The van der Waals surface area contributed by atoms with Crippen molar-refractivity contribution < 1.29 is 9.53 Å². The van der Waals surface area contributed by atoms with Crippen molar-refractivity contribution in [3.05, 3.63) is 65.2 Å². The molecule has 0 aliphatic carbocycles. The lowest BCUT2D eigenvalue weighted by Crippen LogP contribution is -2.31. The molecule has 0 aliphatic rings. The van der Waals surface area contributed by atoms with E-state index in [4.69, 9.17) is 4.74 Å². The Labute approximate surface area is 126 Å². The molecule has 0 radical (unpaired) electrons. The number of carbonyl (C=O) groups excluding carboxylic acids is 1. The molecule has 0 bridgehead atoms. The van der Waals surface area contributed by atoms with E-state index in [2.05, 4.69) is 5.32 Å². The third-order valence-electron chi connectivity index (χ3n) is 3.35. The molecule has 2 rings (SSSR count). The highest BCUT2D eigenvalue weighted by molar-refractivity contribution is 5.78. The van der Waals surface area contributed by atoms with E-state index in [0.717, 1.165) is 5.56 Å². The summed E-state index contributed by atoms with van der Waals surface area (Å²) < 4.78 is 5.47. The molecule has 1 N–H and O–H groups in total. The predicted octanol–water partition coefficient (Wildman–Crippen LogP) is 3.56. The lowest BCUT2D eigenvalue weighted by molar-refractivity contribution is -0.123. The van der Waals surface area contributed by atoms with Crippen LogP contribution in [0.1, 0.15) is 29.7 Å². The quantitative estimate of drug-likeness (QED) is 0.911. The van der Waals surface area contributed by atoms with Gasteiger partial charge < -0.3 is 10.1 Å². The third kappa shape index (κ3) is 4.63. The minimum absolute atomic E-state index is 0.0270. The zero-order valence-corrected chi connectivity index (χ0v) is 12.7. The number of aryl methyl sites for hydroxylation is 2. The van der Waals surface area contributed by atoms with Crippen molar-refractivity contribution in [2.75, 3.05) is 6.61 Å². The largest absolute Gasteiger partial charge is 0.484 e. The average molecular weight is 283 g/mol. The van der Waals surface area contributed by atoms with E-state index in [1.54, 1.807) is 0 Å². The summed E-state index contributed by atoms with van der Waals surface area (Å²) >= 11 is 0. The minimum atomic E-state index is -0.122. The molecule has 0 heterocycles. The van der Waals surface area contributed by atoms with Crippen molar-refractivity contribution in [2.24, 2.45) is 0 Å². The van der Waals surface area contributed by atoms with Crippen LogP contribution < -0.4 is 10.1 Å². The van der Waals surface area contributed by atoms with Gasteiger partial charge in [-0.25, -0.2) is 0 Å². The topological polar surface area (TPSA) is 38.3 Å². The molecule has 2 aromatic carbocycles. The summed E-state index contributed by atoms with van der Waals surface area (Å²) in [4.78, 5) is 11.9. The lowest BCUT2D eigenvalue weighted by Gasteiger charge is -2.15. The van der Waals surface area contributed by atoms with E-state index in [9.17, 15) is 4.79 Å². The summed E-state index contributed by atoms with van der Waals surface area (Å²) in [5.74, 6) is 0.586. The Bertz CT molecular complexity index is 588. The number of amides is 1. The standard InChI is InChI=1S/C18H21NO2/c1-13-4-8-16(9-5-13)15(3)19-18(20)12-21-17-10-6-14(2)7-11-17/h4-11,15H,12H2,1-3H3,(H,19,20)/t15-/m1/s1. The molecule has 0 saturated carbocycles. The van der Waals surface area contributed by atoms with Gasteiger partial charge in [-0.2, -0.15) is 0 Å². The van der Waals surface area contributed by atoms with E-state index in [0.29, 0.717) is 5.75 Å². The van der Waals surface area contributed by atoms with E-state index in [-0.39, 0.29) is 18.6 Å². The van der Waals surface area contributed by atoms with Crippen LogP contribution in [0.25, 0.3) is 0 Å². The molecule has 0 fully saturated rings. The van der Waals surface area contributed by atoms with Gasteiger partial charge in [-0.1, -0.05) is 47.5 Å². The highest BCUT2D eigenvalue weighted by Crippen LogP contribution is 2.14. The zero-order chi connectivity index (χ0) is 15.2. The summed E-state index contributed by atoms with van der Waals surface area (Å²) in [6, 6.07) is 15.8. The Kier molecular flexibility index (Phi) is 4.99. The maximum Gasteiger partial charge on any atom is 0.258 e. The van der Waals surface area contributed by atoms with Gasteiger partial charge in [0.15, 0.2) is 6.61 Å². The van der Waals surface area contributed by atoms with Gasteiger partial charge >= 0.3 is 0 Å². The minimum Gasteiger partial charge on any atom is -0.484 e. The second-order valence-corrected chi connectivity index (χ2v) is 5.30. The van der Waals surface area contributed by atoms with Crippen LogP contribution in [0.5, 0.6) is 5.75 Å². The monoisotopic (exact) mass is 283 g/mol. The van der Waals surface area contributed by atoms with Crippen molar-refractivity contribution in [3.8, 4) is 5.75 Å².